The number of halogens is 2. The molecule has 9 heteroatoms. The molecule has 2 N–H and O–H groups in total. The van der Waals surface area contributed by atoms with Gasteiger partial charge in [0.05, 0.1) is 15.4 Å². The van der Waals surface area contributed by atoms with Gasteiger partial charge in [-0.2, -0.15) is 0 Å². The zero-order valence-electron chi connectivity index (χ0n) is 9.15. The summed E-state index contributed by atoms with van der Waals surface area (Å²) in [6.45, 7) is 0.515. The Balaban J connectivity index is 2.08. The molecule has 1 aromatic heterocycles. The van der Waals surface area contributed by atoms with Gasteiger partial charge in [-0.1, -0.05) is 11.6 Å². The Morgan fingerprint density at radius 1 is 1.67 bits per heavy atom. The normalized spacial score (nSPS) is 24.6. The smallest absolute Gasteiger partial charge is 0.250 e. The second-order valence-electron chi connectivity index (χ2n) is 4.04. The zero-order valence-corrected chi connectivity index (χ0v) is 13.1. The lowest BCUT2D eigenvalue weighted by molar-refractivity contribution is 0.0315. The fourth-order valence-electron chi connectivity index (χ4n) is 1.50. The Morgan fingerprint density at radius 3 is 2.89 bits per heavy atom. The molecular formula is C9H11BrClNO4S2. The zero-order chi connectivity index (χ0) is 13.4. The molecule has 1 aliphatic heterocycles. The molecule has 0 aromatic carbocycles. The summed E-state index contributed by atoms with van der Waals surface area (Å²) in [7, 11) is -3.65. The average molecular weight is 377 g/mol. The number of aliphatic hydroxyl groups is 1. The van der Waals surface area contributed by atoms with E-state index in [2.05, 4.69) is 20.7 Å². The Labute approximate surface area is 122 Å². The molecule has 1 atom stereocenters. The molecule has 0 amide bonds. The maximum atomic E-state index is 12.0. The molecule has 2 heterocycles. The maximum absolute atomic E-state index is 12.0. The standard InChI is InChI=1S/C9H11BrClNO4S2/c10-8-6(11)3-7(17-8)18(14,15)12-4-9(13)1-2-16-5-9/h3,12-13H,1-2,4-5H2. The summed E-state index contributed by atoms with van der Waals surface area (Å²) in [5, 5.41) is 10.3. The molecule has 5 nitrogen and oxygen atoms in total. The molecule has 1 unspecified atom stereocenters. The van der Waals surface area contributed by atoms with Crippen LogP contribution in [0.3, 0.4) is 0 Å². The van der Waals surface area contributed by atoms with Crippen LogP contribution >= 0.6 is 38.9 Å². The van der Waals surface area contributed by atoms with E-state index in [1.54, 1.807) is 0 Å². The lowest BCUT2D eigenvalue weighted by atomic mass is 10.1. The fraction of sp³-hybridized carbons (Fsp3) is 0.556. The Bertz CT molecular complexity index is 519. The number of hydrogen-bond donors (Lipinski definition) is 2. The molecule has 0 spiro atoms. The van der Waals surface area contributed by atoms with Crippen molar-refractivity contribution in [3.8, 4) is 0 Å². The second kappa shape index (κ2) is 5.35. The van der Waals surface area contributed by atoms with Crippen LogP contribution in [0.5, 0.6) is 0 Å². The predicted octanol–water partition coefficient (Wildman–Crippen LogP) is 1.59. The van der Waals surface area contributed by atoms with Gasteiger partial charge in [0.2, 0.25) is 10.0 Å². The lowest BCUT2D eigenvalue weighted by Crippen LogP contribution is -2.43. The van der Waals surface area contributed by atoms with E-state index < -0.39 is 15.6 Å². The van der Waals surface area contributed by atoms with Gasteiger partial charge in [-0.05, 0) is 22.0 Å². The van der Waals surface area contributed by atoms with Crippen molar-refractivity contribution in [2.45, 2.75) is 16.2 Å². The minimum atomic E-state index is -3.65. The van der Waals surface area contributed by atoms with Crippen molar-refractivity contribution in [2.75, 3.05) is 19.8 Å². The first-order valence-electron chi connectivity index (χ1n) is 5.07. The van der Waals surface area contributed by atoms with Crippen molar-refractivity contribution in [1.29, 1.82) is 0 Å². The second-order valence-corrected chi connectivity index (χ2v) is 8.81. The van der Waals surface area contributed by atoms with E-state index in [4.69, 9.17) is 16.3 Å². The highest BCUT2D eigenvalue weighted by atomic mass is 79.9. The van der Waals surface area contributed by atoms with Crippen LogP contribution < -0.4 is 4.72 Å². The van der Waals surface area contributed by atoms with Crippen LogP contribution in [0.1, 0.15) is 6.42 Å². The van der Waals surface area contributed by atoms with Gasteiger partial charge in [-0.3, -0.25) is 0 Å². The number of ether oxygens (including phenoxy) is 1. The number of sulfonamides is 1. The van der Waals surface area contributed by atoms with Crippen LogP contribution in [-0.4, -0.2) is 38.9 Å². The van der Waals surface area contributed by atoms with E-state index in [0.717, 1.165) is 11.3 Å². The molecule has 0 bridgehead atoms. The van der Waals surface area contributed by atoms with Crippen LogP contribution in [0.25, 0.3) is 0 Å². The Kier molecular flexibility index (Phi) is 4.37. The SMILES string of the molecule is O=S(=O)(NCC1(O)CCOC1)c1cc(Cl)c(Br)s1. The average Bonchev–Trinajstić information content (AvgIpc) is 2.86. The first-order valence-corrected chi connectivity index (χ1v) is 8.54. The summed E-state index contributed by atoms with van der Waals surface area (Å²) < 4.78 is 32.0. The summed E-state index contributed by atoms with van der Waals surface area (Å²) in [6, 6.07) is 1.37. The van der Waals surface area contributed by atoms with Gasteiger partial charge in [0.25, 0.3) is 0 Å². The fourth-order valence-corrected chi connectivity index (χ4v) is 5.06. The first kappa shape index (κ1) is 14.7. The number of hydrogen-bond acceptors (Lipinski definition) is 5. The van der Waals surface area contributed by atoms with Crippen LogP contribution in [0.4, 0.5) is 0 Å². The molecule has 1 fully saturated rings. The summed E-state index contributed by atoms with van der Waals surface area (Å²) in [6.07, 6.45) is 0.421. The topological polar surface area (TPSA) is 75.6 Å². The van der Waals surface area contributed by atoms with Crippen LogP contribution in [0.15, 0.2) is 14.1 Å². The highest BCUT2D eigenvalue weighted by Gasteiger charge is 2.34. The van der Waals surface area contributed by atoms with Gasteiger partial charge in [0.1, 0.15) is 9.81 Å². The monoisotopic (exact) mass is 375 g/mol. The summed E-state index contributed by atoms with van der Waals surface area (Å²) in [5.41, 5.74) is -1.12. The van der Waals surface area contributed by atoms with Gasteiger partial charge < -0.3 is 9.84 Å². The third-order valence-electron chi connectivity index (χ3n) is 2.56. The van der Waals surface area contributed by atoms with Gasteiger partial charge >= 0.3 is 0 Å². The third-order valence-corrected chi connectivity index (χ3v) is 6.91. The predicted molar refractivity (Wildman–Crippen MR) is 72.6 cm³/mol. The van der Waals surface area contributed by atoms with Gasteiger partial charge in [0.15, 0.2) is 0 Å². The maximum Gasteiger partial charge on any atom is 0.250 e. The van der Waals surface area contributed by atoms with Crippen molar-refractivity contribution >= 4 is 48.9 Å². The van der Waals surface area contributed by atoms with Gasteiger partial charge in [-0.25, -0.2) is 13.1 Å². The molecular weight excluding hydrogens is 366 g/mol. The van der Waals surface area contributed by atoms with Gasteiger partial charge in [0, 0.05) is 19.6 Å². The van der Waals surface area contributed by atoms with Crippen molar-refractivity contribution in [1.82, 2.24) is 4.72 Å². The molecule has 0 saturated carbocycles. The molecule has 18 heavy (non-hydrogen) atoms. The molecule has 1 aliphatic rings. The largest absolute Gasteiger partial charge is 0.386 e. The van der Waals surface area contributed by atoms with E-state index in [1.807, 2.05) is 0 Å². The highest BCUT2D eigenvalue weighted by molar-refractivity contribution is 9.11. The first-order chi connectivity index (χ1) is 8.32. The molecule has 0 aliphatic carbocycles. The van der Waals surface area contributed by atoms with Gasteiger partial charge in [-0.15, -0.1) is 11.3 Å². The quantitative estimate of drug-likeness (QED) is 0.837. The third kappa shape index (κ3) is 3.24. The van der Waals surface area contributed by atoms with E-state index >= 15 is 0 Å². The number of rotatable bonds is 4. The summed E-state index contributed by atoms with van der Waals surface area (Å²) in [4.78, 5) is 0. The molecule has 0 radical (unpaired) electrons. The van der Waals surface area contributed by atoms with Crippen LogP contribution in [0.2, 0.25) is 5.02 Å². The molecule has 1 aromatic rings. The number of thiophene rings is 1. The van der Waals surface area contributed by atoms with E-state index in [0.29, 0.717) is 21.8 Å². The minimum Gasteiger partial charge on any atom is -0.386 e. The van der Waals surface area contributed by atoms with Crippen molar-refractivity contribution in [3.63, 3.8) is 0 Å². The Hall–Kier alpha value is 0.300. The van der Waals surface area contributed by atoms with E-state index in [9.17, 15) is 13.5 Å². The van der Waals surface area contributed by atoms with Crippen molar-refractivity contribution < 1.29 is 18.3 Å². The van der Waals surface area contributed by atoms with Crippen molar-refractivity contribution in [2.24, 2.45) is 0 Å². The van der Waals surface area contributed by atoms with E-state index in [1.165, 1.54) is 6.07 Å². The van der Waals surface area contributed by atoms with Crippen LogP contribution in [-0.2, 0) is 14.8 Å². The van der Waals surface area contributed by atoms with Crippen molar-refractivity contribution in [3.05, 3.63) is 14.9 Å². The molecule has 1 saturated heterocycles. The minimum absolute atomic E-state index is 0.0670. The molecule has 102 valence electrons. The summed E-state index contributed by atoms with van der Waals surface area (Å²) in [5.74, 6) is 0. The number of nitrogens with one attached hydrogen (secondary N) is 1. The molecule has 2 rings (SSSR count). The summed E-state index contributed by atoms with van der Waals surface area (Å²) >= 11 is 9.98. The lowest BCUT2D eigenvalue weighted by Gasteiger charge is -2.20. The highest BCUT2D eigenvalue weighted by Crippen LogP contribution is 2.34. The Morgan fingerprint density at radius 2 is 2.39 bits per heavy atom. The van der Waals surface area contributed by atoms with E-state index in [-0.39, 0.29) is 17.4 Å². The van der Waals surface area contributed by atoms with Crippen LogP contribution in [0, 0.1) is 0 Å².